The van der Waals surface area contributed by atoms with Crippen LogP contribution in [0, 0.1) is 0 Å². The highest BCUT2D eigenvalue weighted by atomic mass is 35.5. The second-order valence-corrected chi connectivity index (χ2v) is 5.23. The molecule has 0 saturated heterocycles. The SMILES string of the molecule is COc1ccccc1CC(=O)c1ccc(Cl)s1. The lowest BCUT2D eigenvalue weighted by molar-refractivity contribution is 0.0996. The number of ketones is 1. The molecule has 2 rings (SSSR count). The predicted octanol–water partition coefficient (Wildman–Crippen LogP) is 3.84. The Kier molecular flexibility index (Phi) is 3.82. The van der Waals surface area contributed by atoms with Gasteiger partial charge in [-0.15, -0.1) is 11.3 Å². The fourth-order valence-electron chi connectivity index (χ4n) is 1.57. The standard InChI is InChI=1S/C13H11ClO2S/c1-16-11-5-3-2-4-9(11)8-10(15)12-6-7-13(14)17-12/h2-7H,8H2,1H3. The molecule has 1 aromatic carbocycles. The van der Waals surface area contributed by atoms with E-state index in [1.807, 2.05) is 24.3 Å². The number of methoxy groups -OCH3 is 1. The number of carbonyl (C=O) groups excluding carboxylic acids is 1. The number of carbonyl (C=O) groups is 1. The molecule has 1 heterocycles. The first-order valence-electron chi connectivity index (χ1n) is 5.11. The third-order valence-corrected chi connectivity index (χ3v) is 3.66. The molecule has 2 aromatic rings. The van der Waals surface area contributed by atoms with Crippen LogP contribution in [0.25, 0.3) is 0 Å². The number of hydrogen-bond acceptors (Lipinski definition) is 3. The lowest BCUT2D eigenvalue weighted by atomic mass is 10.1. The van der Waals surface area contributed by atoms with Crippen LogP contribution < -0.4 is 4.74 Å². The highest BCUT2D eigenvalue weighted by molar-refractivity contribution is 7.18. The summed E-state index contributed by atoms with van der Waals surface area (Å²) in [6.45, 7) is 0. The quantitative estimate of drug-likeness (QED) is 0.786. The Hall–Kier alpha value is -1.32. The molecular weight excluding hydrogens is 256 g/mol. The van der Waals surface area contributed by atoms with Gasteiger partial charge in [-0.25, -0.2) is 0 Å². The summed E-state index contributed by atoms with van der Waals surface area (Å²) < 4.78 is 5.85. The van der Waals surface area contributed by atoms with Crippen LogP contribution in [0.2, 0.25) is 4.34 Å². The van der Waals surface area contributed by atoms with Crippen LogP contribution in [0.3, 0.4) is 0 Å². The molecular formula is C13H11ClO2S. The Balaban J connectivity index is 2.18. The molecule has 0 aliphatic heterocycles. The summed E-state index contributed by atoms with van der Waals surface area (Å²) >= 11 is 7.11. The molecule has 0 saturated carbocycles. The molecule has 4 heteroatoms. The van der Waals surface area contributed by atoms with E-state index in [-0.39, 0.29) is 5.78 Å². The maximum Gasteiger partial charge on any atom is 0.177 e. The Morgan fingerprint density at radius 3 is 2.71 bits per heavy atom. The number of halogens is 1. The van der Waals surface area contributed by atoms with Crippen LogP contribution in [0.5, 0.6) is 5.75 Å². The van der Waals surface area contributed by atoms with Crippen molar-refractivity contribution in [3.8, 4) is 5.75 Å². The normalized spacial score (nSPS) is 10.2. The summed E-state index contributed by atoms with van der Waals surface area (Å²) in [7, 11) is 1.60. The zero-order valence-corrected chi connectivity index (χ0v) is 10.8. The molecule has 0 radical (unpaired) electrons. The predicted molar refractivity (Wildman–Crippen MR) is 70.4 cm³/mol. The maximum atomic E-state index is 12.0. The zero-order valence-electron chi connectivity index (χ0n) is 9.27. The van der Waals surface area contributed by atoms with Crippen molar-refractivity contribution in [3.63, 3.8) is 0 Å². The van der Waals surface area contributed by atoms with E-state index in [4.69, 9.17) is 16.3 Å². The lowest BCUT2D eigenvalue weighted by Crippen LogP contribution is -2.02. The topological polar surface area (TPSA) is 26.3 Å². The highest BCUT2D eigenvalue weighted by Gasteiger charge is 2.12. The van der Waals surface area contributed by atoms with Crippen molar-refractivity contribution in [1.29, 1.82) is 0 Å². The van der Waals surface area contributed by atoms with Crippen molar-refractivity contribution in [2.75, 3.05) is 7.11 Å². The largest absolute Gasteiger partial charge is 0.496 e. The van der Waals surface area contributed by atoms with Gasteiger partial charge in [-0.05, 0) is 18.2 Å². The molecule has 17 heavy (non-hydrogen) atoms. The molecule has 0 spiro atoms. The Bertz CT molecular complexity index is 534. The van der Waals surface area contributed by atoms with Crippen LogP contribution in [-0.2, 0) is 6.42 Å². The van der Waals surface area contributed by atoms with Crippen LogP contribution in [0.15, 0.2) is 36.4 Å². The van der Waals surface area contributed by atoms with Gasteiger partial charge in [-0.1, -0.05) is 29.8 Å². The summed E-state index contributed by atoms with van der Waals surface area (Å²) in [6.07, 6.45) is 0.334. The van der Waals surface area contributed by atoms with Gasteiger partial charge in [-0.3, -0.25) is 4.79 Å². The van der Waals surface area contributed by atoms with Gasteiger partial charge in [0, 0.05) is 12.0 Å². The molecule has 0 amide bonds. The number of para-hydroxylation sites is 1. The van der Waals surface area contributed by atoms with E-state index in [9.17, 15) is 4.79 Å². The Morgan fingerprint density at radius 2 is 2.06 bits per heavy atom. The number of ether oxygens (including phenoxy) is 1. The maximum absolute atomic E-state index is 12.0. The van der Waals surface area contributed by atoms with Gasteiger partial charge < -0.3 is 4.74 Å². The molecule has 88 valence electrons. The minimum atomic E-state index is 0.0615. The van der Waals surface area contributed by atoms with Gasteiger partial charge >= 0.3 is 0 Å². The van der Waals surface area contributed by atoms with E-state index >= 15 is 0 Å². The van der Waals surface area contributed by atoms with E-state index in [0.29, 0.717) is 15.6 Å². The molecule has 0 bridgehead atoms. The third-order valence-electron chi connectivity index (χ3n) is 2.39. The lowest BCUT2D eigenvalue weighted by Gasteiger charge is -2.06. The second-order valence-electron chi connectivity index (χ2n) is 3.52. The fourth-order valence-corrected chi connectivity index (χ4v) is 2.55. The van der Waals surface area contributed by atoms with Crippen LogP contribution in [0.1, 0.15) is 15.2 Å². The van der Waals surface area contributed by atoms with Crippen LogP contribution >= 0.6 is 22.9 Å². The van der Waals surface area contributed by atoms with Crippen molar-refractivity contribution >= 4 is 28.7 Å². The van der Waals surface area contributed by atoms with E-state index in [1.165, 1.54) is 11.3 Å². The van der Waals surface area contributed by atoms with Crippen molar-refractivity contribution in [2.45, 2.75) is 6.42 Å². The van der Waals surface area contributed by atoms with Crippen molar-refractivity contribution < 1.29 is 9.53 Å². The summed E-state index contributed by atoms with van der Waals surface area (Å²) in [5.74, 6) is 0.801. The first-order valence-corrected chi connectivity index (χ1v) is 6.30. The van der Waals surface area contributed by atoms with Crippen LogP contribution in [-0.4, -0.2) is 12.9 Å². The monoisotopic (exact) mass is 266 g/mol. The van der Waals surface area contributed by atoms with Crippen LogP contribution in [0.4, 0.5) is 0 Å². The number of benzene rings is 1. The minimum Gasteiger partial charge on any atom is -0.496 e. The number of hydrogen-bond donors (Lipinski definition) is 0. The van der Waals surface area contributed by atoms with Gasteiger partial charge in [0.2, 0.25) is 0 Å². The van der Waals surface area contributed by atoms with E-state index in [0.717, 1.165) is 11.3 Å². The number of rotatable bonds is 4. The van der Waals surface area contributed by atoms with Crippen molar-refractivity contribution in [1.82, 2.24) is 0 Å². The van der Waals surface area contributed by atoms with Crippen molar-refractivity contribution in [2.24, 2.45) is 0 Å². The van der Waals surface area contributed by atoms with Gasteiger partial charge in [0.1, 0.15) is 5.75 Å². The number of Topliss-reactive ketones (excluding diaryl/α,β-unsaturated/α-hetero) is 1. The highest BCUT2D eigenvalue weighted by Crippen LogP contribution is 2.25. The molecule has 0 fully saturated rings. The molecule has 0 N–H and O–H groups in total. The average molecular weight is 267 g/mol. The van der Waals surface area contributed by atoms with E-state index in [2.05, 4.69) is 0 Å². The van der Waals surface area contributed by atoms with E-state index < -0.39 is 0 Å². The van der Waals surface area contributed by atoms with E-state index in [1.54, 1.807) is 19.2 Å². The van der Waals surface area contributed by atoms with Gasteiger partial charge in [0.25, 0.3) is 0 Å². The molecule has 0 aliphatic rings. The van der Waals surface area contributed by atoms with Gasteiger partial charge in [-0.2, -0.15) is 0 Å². The Morgan fingerprint density at radius 1 is 1.29 bits per heavy atom. The molecule has 0 unspecified atom stereocenters. The summed E-state index contributed by atoms with van der Waals surface area (Å²) in [6, 6.07) is 11.0. The fraction of sp³-hybridized carbons (Fsp3) is 0.154. The first kappa shape index (κ1) is 12.1. The molecule has 1 aromatic heterocycles. The average Bonchev–Trinajstić information content (AvgIpc) is 2.77. The second kappa shape index (κ2) is 5.34. The Labute approximate surface area is 109 Å². The molecule has 0 atom stereocenters. The zero-order chi connectivity index (χ0) is 12.3. The smallest absolute Gasteiger partial charge is 0.177 e. The summed E-state index contributed by atoms with van der Waals surface area (Å²) in [4.78, 5) is 12.7. The van der Waals surface area contributed by atoms with Gasteiger partial charge in [0.15, 0.2) is 5.78 Å². The number of thiophene rings is 1. The summed E-state index contributed by atoms with van der Waals surface area (Å²) in [5, 5.41) is 0. The molecule has 0 aliphatic carbocycles. The third kappa shape index (κ3) is 2.87. The van der Waals surface area contributed by atoms with Gasteiger partial charge in [0.05, 0.1) is 16.3 Å². The molecule has 2 nitrogen and oxygen atoms in total. The minimum absolute atomic E-state index is 0.0615. The first-order chi connectivity index (χ1) is 8.20. The van der Waals surface area contributed by atoms with Crippen molar-refractivity contribution in [3.05, 3.63) is 51.2 Å². The summed E-state index contributed by atoms with van der Waals surface area (Å²) in [5.41, 5.74) is 0.893.